The smallest absolute Gasteiger partial charge is 0.341 e. The molecule has 4 heteroatoms. The first-order valence-electron chi connectivity index (χ1n) is 3.60. The van der Waals surface area contributed by atoms with Gasteiger partial charge in [0.2, 0.25) is 0 Å². The third-order valence-electron chi connectivity index (χ3n) is 1.64. The number of esters is 1. The second-order valence-electron chi connectivity index (χ2n) is 2.57. The van der Waals surface area contributed by atoms with E-state index in [4.69, 9.17) is 0 Å². The Kier molecular flexibility index (Phi) is 2.60. The maximum absolute atomic E-state index is 13.0. The molecular weight excluding hydrogens is 178 g/mol. The third-order valence-corrected chi connectivity index (χ3v) is 1.64. The molecule has 0 N–H and O–H groups in total. The van der Waals surface area contributed by atoms with Crippen molar-refractivity contribution in [1.29, 1.82) is 0 Å². The second-order valence-corrected chi connectivity index (χ2v) is 2.57. The van der Waals surface area contributed by atoms with Crippen LogP contribution in [0.15, 0.2) is 12.1 Å². The Hall–Kier alpha value is -1.45. The summed E-state index contributed by atoms with van der Waals surface area (Å²) in [6.07, 6.45) is 0. The predicted octanol–water partition coefficient (Wildman–Crippen LogP) is 2.06. The molecule has 0 atom stereocenters. The Labute approximate surface area is 74.1 Å². The number of carbonyl (C=O) groups excluding carboxylic acids is 1. The van der Waals surface area contributed by atoms with Crippen LogP contribution in [0, 0.1) is 18.6 Å². The van der Waals surface area contributed by atoms with Crippen LogP contribution >= 0.6 is 0 Å². The van der Waals surface area contributed by atoms with Gasteiger partial charge < -0.3 is 4.74 Å². The lowest BCUT2D eigenvalue weighted by molar-refractivity contribution is 0.0594. The first-order valence-corrected chi connectivity index (χ1v) is 3.60. The molecule has 0 aliphatic rings. The van der Waals surface area contributed by atoms with Gasteiger partial charge in [0.15, 0.2) is 0 Å². The Bertz CT molecular complexity index is 324. The summed E-state index contributed by atoms with van der Waals surface area (Å²) >= 11 is 0. The van der Waals surface area contributed by atoms with Crippen LogP contribution in [0.1, 0.15) is 15.9 Å². The number of benzene rings is 1. The SMILES string of the molecule is COC(=O)c1c(C)cc(F)cc1F. The molecule has 0 bridgehead atoms. The van der Waals surface area contributed by atoms with Gasteiger partial charge in [0.1, 0.15) is 11.6 Å². The molecule has 0 aliphatic heterocycles. The zero-order valence-corrected chi connectivity index (χ0v) is 7.23. The van der Waals surface area contributed by atoms with E-state index in [0.717, 1.165) is 13.2 Å². The first kappa shape index (κ1) is 9.64. The molecule has 0 aliphatic carbocycles. The molecule has 1 aromatic rings. The number of hydrogen-bond donors (Lipinski definition) is 0. The van der Waals surface area contributed by atoms with Gasteiger partial charge in [-0.05, 0) is 18.6 Å². The number of ether oxygens (including phenoxy) is 1. The molecule has 0 heterocycles. The highest BCUT2D eigenvalue weighted by Crippen LogP contribution is 2.15. The third kappa shape index (κ3) is 1.83. The summed E-state index contributed by atoms with van der Waals surface area (Å²) in [6, 6.07) is 1.73. The van der Waals surface area contributed by atoms with Crippen molar-refractivity contribution in [1.82, 2.24) is 0 Å². The van der Waals surface area contributed by atoms with E-state index in [9.17, 15) is 13.6 Å². The molecule has 0 aromatic heterocycles. The molecule has 2 nitrogen and oxygen atoms in total. The Morgan fingerprint density at radius 3 is 2.46 bits per heavy atom. The van der Waals surface area contributed by atoms with Crippen LogP contribution in [-0.4, -0.2) is 13.1 Å². The predicted molar refractivity (Wildman–Crippen MR) is 42.4 cm³/mol. The van der Waals surface area contributed by atoms with Gasteiger partial charge in [0.05, 0.1) is 12.7 Å². The molecule has 0 spiro atoms. The van der Waals surface area contributed by atoms with Crippen molar-refractivity contribution in [2.45, 2.75) is 6.92 Å². The molecule has 0 saturated heterocycles. The summed E-state index contributed by atoms with van der Waals surface area (Å²) in [4.78, 5) is 11.0. The zero-order valence-electron chi connectivity index (χ0n) is 7.23. The van der Waals surface area contributed by atoms with E-state index >= 15 is 0 Å². The molecule has 0 unspecified atom stereocenters. The molecule has 0 radical (unpaired) electrons. The molecular formula is C9H8F2O2. The highest BCUT2D eigenvalue weighted by atomic mass is 19.1. The number of halogens is 2. The van der Waals surface area contributed by atoms with Crippen LogP contribution in [0.4, 0.5) is 8.78 Å². The summed E-state index contributed by atoms with van der Waals surface area (Å²) < 4.78 is 29.9. The van der Waals surface area contributed by atoms with E-state index < -0.39 is 17.6 Å². The minimum Gasteiger partial charge on any atom is -0.465 e. The van der Waals surface area contributed by atoms with Gasteiger partial charge in [-0.1, -0.05) is 0 Å². The van der Waals surface area contributed by atoms with Crippen LogP contribution < -0.4 is 0 Å². The monoisotopic (exact) mass is 186 g/mol. The molecule has 1 rings (SSSR count). The Morgan fingerprint density at radius 2 is 2.00 bits per heavy atom. The molecule has 0 amide bonds. The average Bonchev–Trinajstić information content (AvgIpc) is 2.02. The summed E-state index contributed by atoms with van der Waals surface area (Å²) in [5, 5.41) is 0. The summed E-state index contributed by atoms with van der Waals surface area (Å²) in [5.74, 6) is -2.40. The van der Waals surface area contributed by atoms with Crippen molar-refractivity contribution in [2.75, 3.05) is 7.11 Å². The fraction of sp³-hybridized carbons (Fsp3) is 0.222. The van der Waals surface area contributed by atoms with Crippen LogP contribution in [0.2, 0.25) is 0 Å². The summed E-state index contributed by atoms with van der Waals surface area (Å²) in [6.45, 7) is 1.44. The molecule has 13 heavy (non-hydrogen) atoms. The first-order chi connectivity index (χ1) is 6.06. The summed E-state index contributed by atoms with van der Waals surface area (Å²) in [5.41, 5.74) is 0.00764. The highest BCUT2D eigenvalue weighted by Gasteiger charge is 2.16. The fourth-order valence-electron chi connectivity index (χ4n) is 1.06. The van der Waals surface area contributed by atoms with Gasteiger partial charge in [0, 0.05) is 6.07 Å². The second kappa shape index (κ2) is 3.51. The van der Waals surface area contributed by atoms with Crippen molar-refractivity contribution in [3.05, 3.63) is 34.9 Å². The quantitative estimate of drug-likeness (QED) is 0.627. The lowest BCUT2D eigenvalue weighted by Gasteiger charge is -2.04. The molecule has 1 aromatic carbocycles. The van der Waals surface area contributed by atoms with Gasteiger partial charge >= 0.3 is 5.97 Å². The number of carbonyl (C=O) groups is 1. The highest BCUT2D eigenvalue weighted by molar-refractivity contribution is 5.91. The zero-order chi connectivity index (χ0) is 10.0. The minimum absolute atomic E-state index is 0.219. The normalized spacial score (nSPS) is 9.85. The van der Waals surface area contributed by atoms with Gasteiger partial charge in [0.25, 0.3) is 0 Å². The molecule has 0 saturated carbocycles. The summed E-state index contributed by atoms with van der Waals surface area (Å²) in [7, 11) is 1.14. The van der Waals surface area contributed by atoms with E-state index in [1.807, 2.05) is 0 Å². The van der Waals surface area contributed by atoms with Gasteiger partial charge in [-0.2, -0.15) is 0 Å². The van der Waals surface area contributed by atoms with E-state index in [1.54, 1.807) is 0 Å². The maximum Gasteiger partial charge on any atom is 0.341 e. The van der Waals surface area contributed by atoms with Gasteiger partial charge in [-0.3, -0.25) is 0 Å². The Morgan fingerprint density at radius 1 is 1.38 bits per heavy atom. The van der Waals surface area contributed by atoms with Crippen molar-refractivity contribution in [2.24, 2.45) is 0 Å². The van der Waals surface area contributed by atoms with Gasteiger partial charge in [-0.25, -0.2) is 13.6 Å². The fourth-order valence-corrected chi connectivity index (χ4v) is 1.06. The van der Waals surface area contributed by atoms with Crippen molar-refractivity contribution in [3.63, 3.8) is 0 Å². The largest absolute Gasteiger partial charge is 0.465 e. The lowest BCUT2D eigenvalue weighted by atomic mass is 10.1. The lowest BCUT2D eigenvalue weighted by Crippen LogP contribution is -2.07. The van der Waals surface area contributed by atoms with Crippen LogP contribution in [0.3, 0.4) is 0 Å². The molecule has 0 fully saturated rings. The standard InChI is InChI=1S/C9H8F2O2/c1-5-3-6(10)4-7(11)8(5)9(12)13-2/h3-4H,1-2H3. The number of methoxy groups -OCH3 is 1. The van der Waals surface area contributed by atoms with E-state index in [-0.39, 0.29) is 11.1 Å². The van der Waals surface area contributed by atoms with E-state index in [0.29, 0.717) is 6.07 Å². The van der Waals surface area contributed by atoms with Gasteiger partial charge in [-0.15, -0.1) is 0 Å². The minimum atomic E-state index is -0.899. The van der Waals surface area contributed by atoms with Crippen molar-refractivity contribution < 1.29 is 18.3 Å². The number of hydrogen-bond acceptors (Lipinski definition) is 2. The average molecular weight is 186 g/mol. The number of aryl methyl sites for hydroxylation is 1. The van der Waals surface area contributed by atoms with Crippen molar-refractivity contribution >= 4 is 5.97 Å². The van der Waals surface area contributed by atoms with Crippen LogP contribution in [0.5, 0.6) is 0 Å². The Balaban J connectivity index is 3.28. The van der Waals surface area contributed by atoms with E-state index in [2.05, 4.69) is 4.74 Å². The number of rotatable bonds is 1. The molecule has 70 valence electrons. The van der Waals surface area contributed by atoms with Crippen LogP contribution in [0.25, 0.3) is 0 Å². The van der Waals surface area contributed by atoms with E-state index in [1.165, 1.54) is 6.92 Å². The van der Waals surface area contributed by atoms with Crippen molar-refractivity contribution in [3.8, 4) is 0 Å². The maximum atomic E-state index is 13.0. The van der Waals surface area contributed by atoms with Crippen LogP contribution in [-0.2, 0) is 4.74 Å². The topological polar surface area (TPSA) is 26.3 Å².